The second kappa shape index (κ2) is 5.26. The van der Waals surface area contributed by atoms with Crippen molar-refractivity contribution in [3.05, 3.63) is 70.6 Å². The standard InChI is InChI=1S/C16H12F2N2S/c1-10-7-13(18)14(8-12(10)17)20-15(9-19-16(20)21)11-5-3-2-4-6-11/h2-9H,1H3,(H,19,21). The van der Waals surface area contributed by atoms with E-state index in [0.29, 0.717) is 10.5 Å². The first-order valence-electron chi connectivity index (χ1n) is 6.40. The average Bonchev–Trinajstić information content (AvgIpc) is 2.85. The summed E-state index contributed by atoms with van der Waals surface area (Å²) < 4.78 is 29.8. The zero-order valence-electron chi connectivity index (χ0n) is 11.2. The summed E-state index contributed by atoms with van der Waals surface area (Å²) in [5.41, 5.74) is 1.91. The lowest BCUT2D eigenvalue weighted by Gasteiger charge is -2.11. The smallest absolute Gasteiger partial charge is 0.182 e. The van der Waals surface area contributed by atoms with Gasteiger partial charge in [-0.15, -0.1) is 0 Å². The molecule has 0 amide bonds. The molecule has 0 bridgehead atoms. The lowest BCUT2D eigenvalue weighted by molar-refractivity contribution is 0.585. The van der Waals surface area contributed by atoms with E-state index in [1.54, 1.807) is 6.20 Å². The molecule has 0 aliphatic carbocycles. The van der Waals surface area contributed by atoms with Crippen LogP contribution in [0.4, 0.5) is 8.78 Å². The number of imidazole rings is 1. The SMILES string of the molecule is Cc1cc(F)c(-n2c(-c3ccccc3)c[nH]c2=S)cc1F. The van der Waals surface area contributed by atoms with E-state index >= 15 is 0 Å². The first kappa shape index (κ1) is 13.7. The van der Waals surface area contributed by atoms with Crippen molar-refractivity contribution in [3.8, 4) is 16.9 Å². The Morgan fingerprint density at radius 3 is 2.48 bits per heavy atom. The Kier molecular flexibility index (Phi) is 3.43. The Labute approximate surface area is 125 Å². The molecule has 1 aromatic heterocycles. The molecule has 1 N–H and O–H groups in total. The molecule has 21 heavy (non-hydrogen) atoms. The molecule has 3 aromatic rings. The number of aromatic amines is 1. The highest BCUT2D eigenvalue weighted by atomic mass is 32.1. The topological polar surface area (TPSA) is 20.7 Å². The lowest BCUT2D eigenvalue weighted by Crippen LogP contribution is -2.02. The van der Waals surface area contributed by atoms with Gasteiger partial charge in [0.05, 0.1) is 11.4 Å². The van der Waals surface area contributed by atoms with Crippen LogP contribution < -0.4 is 0 Å². The minimum Gasteiger partial charge on any atom is -0.336 e. The van der Waals surface area contributed by atoms with E-state index in [1.807, 2.05) is 30.3 Å². The van der Waals surface area contributed by atoms with Crippen LogP contribution in [0, 0.1) is 23.3 Å². The number of nitrogens with one attached hydrogen (secondary N) is 1. The van der Waals surface area contributed by atoms with Gasteiger partial charge >= 0.3 is 0 Å². The first-order valence-corrected chi connectivity index (χ1v) is 6.80. The van der Waals surface area contributed by atoms with E-state index < -0.39 is 11.6 Å². The molecule has 0 atom stereocenters. The summed E-state index contributed by atoms with van der Waals surface area (Å²) in [6.07, 6.45) is 1.69. The third kappa shape index (κ3) is 2.40. The third-order valence-electron chi connectivity index (χ3n) is 3.31. The van der Waals surface area contributed by atoms with Crippen molar-refractivity contribution >= 4 is 12.2 Å². The van der Waals surface area contributed by atoms with Gasteiger partial charge in [0.15, 0.2) is 4.77 Å². The maximum Gasteiger partial charge on any atom is 0.182 e. The van der Waals surface area contributed by atoms with E-state index in [0.717, 1.165) is 5.56 Å². The van der Waals surface area contributed by atoms with Crippen LogP contribution in [-0.2, 0) is 0 Å². The third-order valence-corrected chi connectivity index (χ3v) is 3.62. The summed E-state index contributed by atoms with van der Waals surface area (Å²) in [4.78, 5) is 2.88. The normalized spacial score (nSPS) is 10.8. The van der Waals surface area contributed by atoms with Crippen molar-refractivity contribution in [3.63, 3.8) is 0 Å². The number of nitrogens with zero attached hydrogens (tertiary/aromatic N) is 1. The van der Waals surface area contributed by atoms with Gasteiger partial charge in [-0.1, -0.05) is 30.3 Å². The maximum absolute atomic E-state index is 14.2. The van der Waals surface area contributed by atoms with Gasteiger partial charge in [0.25, 0.3) is 0 Å². The van der Waals surface area contributed by atoms with Crippen LogP contribution >= 0.6 is 12.2 Å². The van der Waals surface area contributed by atoms with Crippen molar-refractivity contribution in [1.82, 2.24) is 9.55 Å². The molecule has 2 aromatic carbocycles. The number of halogens is 2. The number of hydrogen-bond donors (Lipinski definition) is 1. The van der Waals surface area contributed by atoms with Crippen LogP contribution in [-0.4, -0.2) is 9.55 Å². The Morgan fingerprint density at radius 2 is 1.76 bits per heavy atom. The zero-order chi connectivity index (χ0) is 15.0. The number of aromatic nitrogens is 2. The summed E-state index contributed by atoms with van der Waals surface area (Å²) in [5.74, 6) is -0.977. The van der Waals surface area contributed by atoms with Crippen LogP contribution in [0.2, 0.25) is 0 Å². The molecule has 106 valence electrons. The molecule has 1 heterocycles. The molecule has 0 saturated heterocycles. The largest absolute Gasteiger partial charge is 0.336 e. The van der Waals surface area contributed by atoms with Crippen LogP contribution in [0.5, 0.6) is 0 Å². The number of benzene rings is 2. The van der Waals surface area contributed by atoms with Gasteiger partial charge in [-0.05, 0) is 30.8 Å². The van der Waals surface area contributed by atoms with Crippen LogP contribution in [0.3, 0.4) is 0 Å². The number of H-pyrrole nitrogens is 1. The molecule has 5 heteroatoms. The van der Waals surface area contributed by atoms with E-state index in [-0.39, 0.29) is 11.3 Å². The monoisotopic (exact) mass is 302 g/mol. The van der Waals surface area contributed by atoms with Gasteiger partial charge < -0.3 is 4.98 Å². The zero-order valence-corrected chi connectivity index (χ0v) is 12.0. The van der Waals surface area contributed by atoms with E-state index in [1.165, 1.54) is 23.6 Å². The van der Waals surface area contributed by atoms with Crippen molar-refractivity contribution in [2.24, 2.45) is 0 Å². The van der Waals surface area contributed by atoms with E-state index in [4.69, 9.17) is 12.2 Å². The lowest BCUT2D eigenvalue weighted by atomic mass is 10.1. The van der Waals surface area contributed by atoms with Gasteiger partial charge in [0.1, 0.15) is 11.6 Å². The fourth-order valence-corrected chi connectivity index (χ4v) is 2.49. The second-order valence-electron chi connectivity index (χ2n) is 4.73. The van der Waals surface area contributed by atoms with Gasteiger partial charge in [0.2, 0.25) is 0 Å². The van der Waals surface area contributed by atoms with Crippen molar-refractivity contribution < 1.29 is 8.78 Å². The highest BCUT2D eigenvalue weighted by molar-refractivity contribution is 7.71. The highest BCUT2D eigenvalue weighted by Crippen LogP contribution is 2.26. The summed E-state index contributed by atoms with van der Waals surface area (Å²) in [7, 11) is 0. The van der Waals surface area contributed by atoms with Crippen molar-refractivity contribution in [2.45, 2.75) is 6.92 Å². The van der Waals surface area contributed by atoms with Gasteiger partial charge in [-0.2, -0.15) is 0 Å². The van der Waals surface area contributed by atoms with Crippen molar-refractivity contribution in [1.29, 1.82) is 0 Å². The molecular weight excluding hydrogens is 290 g/mol. The predicted octanol–water partition coefficient (Wildman–Crippen LogP) is 4.79. The van der Waals surface area contributed by atoms with Crippen LogP contribution in [0.15, 0.2) is 48.7 Å². The summed E-state index contributed by atoms with van der Waals surface area (Å²) in [6, 6.07) is 11.8. The summed E-state index contributed by atoms with van der Waals surface area (Å²) in [5, 5.41) is 0. The van der Waals surface area contributed by atoms with Gasteiger partial charge in [-0.25, -0.2) is 8.78 Å². The minimum atomic E-state index is -0.512. The predicted molar refractivity (Wildman–Crippen MR) is 81.0 cm³/mol. The molecule has 0 aliphatic heterocycles. The fourth-order valence-electron chi connectivity index (χ4n) is 2.24. The van der Waals surface area contributed by atoms with E-state index in [9.17, 15) is 8.78 Å². The molecule has 0 radical (unpaired) electrons. The Hall–Kier alpha value is -2.27. The molecule has 0 unspecified atom stereocenters. The molecule has 0 spiro atoms. The maximum atomic E-state index is 14.2. The molecule has 0 aliphatic rings. The molecule has 0 saturated carbocycles. The number of hydrogen-bond acceptors (Lipinski definition) is 1. The molecule has 2 nitrogen and oxygen atoms in total. The quantitative estimate of drug-likeness (QED) is 0.675. The minimum absolute atomic E-state index is 0.100. The number of aryl methyl sites for hydroxylation is 1. The summed E-state index contributed by atoms with van der Waals surface area (Å²) in [6.45, 7) is 1.52. The molecular formula is C16H12F2N2S. The van der Waals surface area contributed by atoms with Crippen LogP contribution in [0.1, 0.15) is 5.56 Å². The average molecular weight is 302 g/mol. The molecule has 0 fully saturated rings. The Morgan fingerprint density at radius 1 is 1.05 bits per heavy atom. The number of rotatable bonds is 2. The highest BCUT2D eigenvalue weighted by Gasteiger charge is 2.14. The second-order valence-corrected chi connectivity index (χ2v) is 5.12. The van der Waals surface area contributed by atoms with Gasteiger partial charge in [0, 0.05) is 17.8 Å². The molecule has 3 rings (SSSR count). The van der Waals surface area contributed by atoms with Crippen LogP contribution in [0.25, 0.3) is 16.9 Å². The fraction of sp³-hybridized carbons (Fsp3) is 0.0625. The Bertz CT molecular complexity index is 850. The van der Waals surface area contributed by atoms with Gasteiger partial charge in [-0.3, -0.25) is 4.57 Å². The summed E-state index contributed by atoms with van der Waals surface area (Å²) >= 11 is 5.21. The Balaban J connectivity index is 2.27. The van der Waals surface area contributed by atoms with E-state index in [2.05, 4.69) is 4.98 Å². The van der Waals surface area contributed by atoms with Crippen molar-refractivity contribution in [2.75, 3.05) is 0 Å². The first-order chi connectivity index (χ1) is 10.1.